The number of aromatic nitrogens is 2. The fourth-order valence-corrected chi connectivity index (χ4v) is 1.28. The van der Waals surface area contributed by atoms with Gasteiger partial charge >= 0.3 is 5.69 Å². The van der Waals surface area contributed by atoms with Crippen molar-refractivity contribution in [1.29, 1.82) is 0 Å². The van der Waals surface area contributed by atoms with E-state index in [9.17, 15) is 10.1 Å². The Kier molecular flexibility index (Phi) is 1.65. The Bertz CT molecular complexity index is 365. The Labute approximate surface area is 74.8 Å². The molecule has 2 rings (SSSR count). The first-order valence-electron chi connectivity index (χ1n) is 4.08. The molecule has 0 N–H and O–H groups in total. The fourth-order valence-electron chi connectivity index (χ4n) is 1.28. The third kappa shape index (κ3) is 1.32. The van der Waals surface area contributed by atoms with E-state index in [0.717, 1.165) is 12.8 Å². The topological polar surface area (TPSA) is 61.0 Å². The van der Waals surface area contributed by atoms with Gasteiger partial charge in [0.05, 0.1) is 4.92 Å². The molecular weight excluding hydrogens is 170 g/mol. The molecule has 1 aliphatic rings. The van der Waals surface area contributed by atoms with E-state index in [2.05, 4.69) is 11.7 Å². The first-order chi connectivity index (χ1) is 6.22. The predicted molar refractivity (Wildman–Crippen MR) is 47.2 cm³/mol. The van der Waals surface area contributed by atoms with Gasteiger partial charge in [-0.2, -0.15) is 5.10 Å². The van der Waals surface area contributed by atoms with Crippen molar-refractivity contribution in [3.8, 4) is 0 Å². The van der Waals surface area contributed by atoms with E-state index in [0.29, 0.717) is 11.6 Å². The van der Waals surface area contributed by atoms with Crippen LogP contribution in [0.2, 0.25) is 0 Å². The molecule has 1 fully saturated rings. The summed E-state index contributed by atoms with van der Waals surface area (Å²) in [5.41, 5.74) is 0.715. The molecular formula is C8H9N3O2. The molecule has 1 saturated carbocycles. The molecule has 13 heavy (non-hydrogen) atoms. The van der Waals surface area contributed by atoms with Crippen molar-refractivity contribution in [2.24, 2.45) is 0 Å². The predicted octanol–water partition coefficient (Wildman–Crippen LogP) is 1.77. The highest BCUT2D eigenvalue weighted by atomic mass is 16.6. The Morgan fingerprint density at radius 1 is 1.77 bits per heavy atom. The van der Waals surface area contributed by atoms with Crippen LogP contribution < -0.4 is 0 Å². The summed E-state index contributed by atoms with van der Waals surface area (Å²) in [5, 5.41) is 14.7. The molecule has 0 aromatic carbocycles. The summed E-state index contributed by atoms with van der Waals surface area (Å²) in [6, 6.07) is 0. The maximum absolute atomic E-state index is 10.6. The lowest BCUT2D eigenvalue weighted by Crippen LogP contribution is -1.90. The van der Waals surface area contributed by atoms with Gasteiger partial charge in [0.2, 0.25) is 0 Å². The van der Waals surface area contributed by atoms with Gasteiger partial charge in [-0.05, 0) is 12.8 Å². The molecule has 1 heterocycles. The van der Waals surface area contributed by atoms with Crippen LogP contribution in [0.5, 0.6) is 0 Å². The molecule has 0 bridgehead atoms. The third-order valence-electron chi connectivity index (χ3n) is 2.09. The zero-order valence-corrected chi connectivity index (χ0v) is 7.01. The number of nitro groups is 1. The van der Waals surface area contributed by atoms with Gasteiger partial charge in [0.15, 0.2) is 0 Å². The zero-order valence-electron chi connectivity index (χ0n) is 7.01. The van der Waals surface area contributed by atoms with Crippen LogP contribution in [0.25, 0.3) is 6.20 Å². The molecule has 68 valence electrons. The van der Waals surface area contributed by atoms with Gasteiger partial charge in [0, 0.05) is 12.1 Å². The minimum atomic E-state index is -0.388. The molecule has 0 amide bonds. The number of hydrogen-bond acceptors (Lipinski definition) is 3. The van der Waals surface area contributed by atoms with Crippen LogP contribution >= 0.6 is 0 Å². The largest absolute Gasteiger partial charge is 0.310 e. The summed E-state index contributed by atoms with van der Waals surface area (Å²) >= 11 is 0. The first-order valence-corrected chi connectivity index (χ1v) is 4.08. The molecule has 0 saturated heterocycles. The van der Waals surface area contributed by atoms with Crippen LogP contribution in [-0.2, 0) is 0 Å². The van der Waals surface area contributed by atoms with Gasteiger partial charge in [-0.25, -0.2) is 4.68 Å². The van der Waals surface area contributed by atoms with Gasteiger partial charge in [-0.1, -0.05) is 6.58 Å². The average Bonchev–Trinajstić information content (AvgIpc) is 2.84. The van der Waals surface area contributed by atoms with Crippen molar-refractivity contribution in [1.82, 2.24) is 9.78 Å². The van der Waals surface area contributed by atoms with Crippen molar-refractivity contribution in [2.45, 2.75) is 18.8 Å². The van der Waals surface area contributed by atoms with Gasteiger partial charge in [0.25, 0.3) is 0 Å². The lowest BCUT2D eigenvalue weighted by Gasteiger charge is -1.88. The van der Waals surface area contributed by atoms with Crippen LogP contribution in [0, 0.1) is 10.1 Å². The first kappa shape index (κ1) is 7.97. The van der Waals surface area contributed by atoms with E-state index in [1.807, 2.05) is 0 Å². The zero-order chi connectivity index (χ0) is 9.42. The molecule has 5 nitrogen and oxygen atoms in total. The second-order valence-corrected chi connectivity index (χ2v) is 3.09. The van der Waals surface area contributed by atoms with Crippen LogP contribution in [0.3, 0.4) is 0 Å². The number of rotatable bonds is 3. The second kappa shape index (κ2) is 2.69. The smallest absolute Gasteiger partial charge is 0.258 e. The van der Waals surface area contributed by atoms with Gasteiger partial charge < -0.3 is 0 Å². The van der Waals surface area contributed by atoms with E-state index in [-0.39, 0.29) is 10.6 Å². The molecule has 1 aromatic heterocycles. The lowest BCUT2D eigenvalue weighted by atomic mass is 10.3. The number of hydrogen-bond donors (Lipinski definition) is 0. The van der Waals surface area contributed by atoms with Crippen molar-refractivity contribution >= 4 is 11.9 Å². The highest BCUT2D eigenvalue weighted by Crippen LogP contribution is 2.43. The molecule has 1 aliphatic carbocycles. The standard InChI is InChI=1S/C8H9N3O2/c1-2-10-5-7(11(12)13)8(9-10)6-3-4-6/h2,5-6H,1,3-4H2. The number of nitrogens with zero attached hydrogens (tertiary/aromatic N) is 3. The summed E-state index contributed by atoms with van der Waals surface area (Å²) in [6.45, 7) is 3.50. The Balaban J connectivity index is 2.44. The highest BCUT2D eigenvalue weighted by molar-refractivity contribution is 5.40. The summed E-state index contributed by atoms with van der Waals surface area (Å²) < 4.78 is 1.39. The van der Waals surface area contributed by atoms with Crippen molar-refractivity contribution in [2.75, 3.05) is 0 Å². The van der Waals surface area contributed by atoms with Crippen LogP contribution in [0.4, 0.5) is 5.69 Å². The molecule has 0 spiro atoms. The van der Waals surface area contributed by atoms with E-state index in [4.69, 9.17) is 0 Å². The summed E-state index contributed by atoms with van der Waals surface area (Å²) in [4.78, 5) is 10.2. The molecule has 0 radical (unpaired) electrons. The Hall–Kier alpha value is -1.65. The molecule has 0 atom stereocenters. The Morgan fingerprint density at radius 3 is 2.92 bits per heavy atom. The summed E-state index contributed by atoms with van der Waals surface area (Å²) in [7, 11) is 0. The monoisotopic (exact) mass is 179 g/mol. The lowest BCUT2D eigenvalue weighted by molar-refractivity contribution is -0.385. The molecule has 0 aliphatic heterocycles. The van der Waals surface area contributed by atoms with E-state index in [1.165, 1.54) is 17.1 Å². The van der Waals surface area contributed by atoms with Gasteiger partial charge in [-0.3, -0.25) is 10.1 Å². The fraction of sp³-hybridized carbons (Fsp3) is 0.375. The maximum Gasteiger partial charge on any atom is 0.310 e. The SMILES string of the molecule is C=Cn1cc([N+](=O)[O-])c(C2CC2)n1. The molecule has 0 unspecified atom stereocenters. The van der Waals surface area contributed by atoms with Crippen LogP contribution in [-0.4, -0.2) is 14.7 Å². The van der Waals surface area contributed by atoms with Crippen LogP contribution in [0.1, 0.15) is 24.5 Å². The second-order valence-electron chi connectivity index (χ2n) is 3.09. The van der Waals surface area contributed by atoms with E-state index >= 15 is 0 Å². The quantitative estimate of drug-likeness (QED) is 0.524. The third-order valence-corrected chi connectivity index (χ3v) is 2.09. The minimum Gasteiger partial charge on any atom is -0.258 e. The van der Waals surface area contributed by atoms with E-state index in [1.54, 1.807) is 0 Å². The van der Waals surface area contributed by atoms with E-state index < -0.39 is 0 Å². The van der Waals surface area contributed by atoms with Crippen LogP contribution in [0.15, 0.2) is 12.8 Å². The Morgan fingerprint density at radius 2 is 2.46 bits per heavy atom. The molecule has 1 aromatic rings. The van der Waals surface area contributed by atoms with Gasteiger partial charge in [-0.15, -0.1) is 0 Å². The average molecular weight is 179 g/mol. The molecule has 5 heteroatoms. The van der Waals surface area contributed by atoms with Crippen molar-refractivity contribution in [3.05, 3.63) is 28.6 Å². The summed E-state index contributed by atoms with van der Waals surface area (Å²) in [6.07, 6.45) is 4.88. The van der Waals surface area contributed by atoms with Gasteiger partial charge in [0.1, 0.15) is 11.9 Å². The highest BCUT2D eigenvalue weighted by Gasteiger charge is 2.33. The minimum absolute atomic E-state index is 0.113. The summed E-state index contributed by atoms with van der Waals surface area (Å²) in [5.74, 6) is 0.293. The maximum atomic E-state index is 10.6. The van der Waals surface area contributed by atoms with Crippen molar-refractivity contribution < 1.29 is 4.92 Å². The van der Waals surface area contributed by atoms with Crippen molar-refractivity contribution in [3.63, 3.8) is 0 Å². The normalized spacial score (nSPS) is 15.7.